The van der Waals surface area contributed by atoms with Crippen molar-refractivity contribution >= 4 is 18.7 Å². The standard InChI is InChI=1S/C20H30BF2NO5/c1-12(2)10-20(7,24-17(25)26)11-27-16-9-14(22)13(8-15(16)23)21-28-18(3,4)19(5,6)29-21/h8-9,12,24H,10-11H2,1-7H3,(H,25,26). The summed E-state index contributed by atoms with van der Waals surface area (Å²) < 4.78 is 46.4. The molecule has 9 heteroatoms. The molecule has 0 spiro atoms. The fraction of sp³-hybridized carbons (Fsp3) is 0.650. The van der Waals surface area contributed by atoms with Gasteiger partial charge in [0.15, 0.2) is 11.6 Å². The normalized spacial score (nSPS) is 19.9. The Hall–Kier alpha value is -1.87. The summed E-state index contributed by atoms with van der Waals surface area (Å²) in [6.45, 7) is 12.7. The molecule has 2 rings (SSSR count). The smallest absolute Gasteiger partial charge is 0.488 e. The van der Waals surface area contributed by atoms with Gasteiger partial charge in [0.1, 0.15) is 12.4 Å². The Morgan fingerprint density at radius 3 is 2.24 bits per heavy atom. The van der Waals surface area contributed by atoms with Crippen molar-refractivity contribution in [3.05, 3.63) is 23.8 Å². The van der Waals surface area contributed by atoms with Crippen LogP contribution in [0.5, 0.6) is 5.75 Å². The summed E-state index contributed by atoms with van der Waals surface area (Å²) in [7, 11) is -1.04. The van der Waals surface area contributed by atoms with E-state index < -0.39 is 41.6 Å². The Morgan fingerprint density at radius 2 is 1.76 bits per heavy atom. The van der Waals surface area contributed by atoms with Gasteiger partial charge in [-0.05, 0) is 53.0 Å². The fourth-order valence-corrected chi connectivity index (χ4v) is 3.35. The van der Waals surface area contributed by atoms with Crippen molar-refractivity contribution in [3.8, 4) is 5.75 Å². The van der Waals surface area contributed by atoms with E-state index in [4.69, 9.17) is 19.2 Å². The zero-order valence-corrected chi connectivity index (χ0v) is 18.1. The van der Waals surface area contributed by atoms with Crippen LogP contribution >= 0.6 is 0 Å². The average molecular weight is 413 g/mol. The van der Waals surface area contributed by atoms with Gasteiger partial charge in [0.05, 0.1) is 16.7 Å². The van der Waals surface area contributed by atoms with Gasteiger partial charge >= 0.3 is 13.2 Å². The molecule has 0 aromatic heterocycles. The minimum absolute atomic E-state index is 0.0536. The van der Waals surface area contributed by atoms with Gasteiger partial charge in [0.25, 0.3) is 0 Å². The predicted molar refractivity (Wildman–Crippen MR) is 107 cm³/mol. The van der Waals surface area contributed by atoms with Crippen LogP contribution < -0.4 is 15.5 Å². The van der Waals surface area contributed by atoms with E-state index in [9.17, 15) is 13.6 Å². The van der Waals surface area contributed by atoms with Gasteiger partial charge in [-0.3, -0.25) is 0 Å². The van der Waals surface area contributed by atoms with Crippen LogP contribution in [-0.4, -0.2) is 41.7 Å². The van der Waals surface area contributed by atoms with E-state index in [-0.39, 0.29) is 23.7 Å². The highest BCUT2D eigenvalue weighted by atomic mass is 19.1. The molecule has 1 aliphatic heterocycles. The summed E-state index contributed by atoms with van der Waals surface area (Å²) >= 11 is 0. The second-order valence-corrected chi connectivity index (χ2v) is 9.27. The van der Waals surface area contributed by atoms with E-state index in [0.29, 0.717) is 6.42 Å². The minimum Gasteiger partial charge on any atom is -0.488 e. The summed E-state index contributed by atoms with van der Waals surface area (Å²) in [5, 5.41) is 11.5. The van der Waals surface area contributed by atoms with E-state index in [1.165, 1.54) is 0 Å². The highest BCUT2D eigenvalue weighted by Gasteiger charge is 2.52. The number of hydrogen-bond acceptors (Lipinski definition) is 4. The molecule has 1 unspecified atom stereocenters. The molecular formula is C20H30BF2NO5. The van der Waals surface area contributed by atoms with Gasteiger partial charge in [-0.2, -0.15) is 0 Å². The summed E-state index contributed by atoms with van der Waals surface area (Å²) in [5.41, 5.74) is -2.37. The van der Waals surface area contributed by atoms with Gasteiger partial charge in [-0.1, -0.05) is 13.8 Å². The first-order chi connectivity index (χ1) is 13.2. The maximum Gasteiger partial charge on any atom is 0.497 e. The molecule has 1 fully saturated rings. The van der Waals surface area contributed by atoms with E-state index in [1.807, 2.05) is 41.5 Å². The molecule has 0 aliphatic carbocycles. The molecule has 1 aliphatic rings. The minimum atomic E-state index is -1.21. The Kier molecular flexibility index (Phi) is 6.54. The van der Waals surface area contributed by atoms with Crippen molar-refractivity contribution in [3.63, 3.8) is 0 Å². The largest absolute Gasteiger partial charge is 0.497 e. The van der Waals surface area contributed by atoms with Gasteiger partial charge in [0.2, 0.25) is 0 Å². The van der Waals surface area contributed by atoms with Crippen molar-refractivity contribution in [1.29, 1.82) is 0 Å². The molecule has 1 saturated heterocycles. The number of benzene rings is 1. The highest BCUT2D eigenvalue weighted by Crippen LogP contribution is 2.37. The SMILES string of the molecule is CC(C)CC(C)(COc1cc(F)c(B2OC(C)(C)C(C)(C)O2)cc1F)NC(=O)O. The monoisotopic (exact) mass is 413 g/mol. The van der Waals surface area contributed by atoms with Crippen LogP contribution in [0.4, 0.5) is 13.6 Å². The Balaban J connectivity index is 2.20. The van der Waals surface area contributed by atoms with Gasteiger partial charge < -0.3 is 24.5 Å². The summed E-state index contributed by atoms with van der Waals surface area (Å²) in [5.74, 6) is -1.64. The lowest BCUT2D eigenvalue weighted by Crippen LogP contribution is -2.50. The third-order valence-corrected chi connectivity index (χ3v) is 5.37. The topological polar surface area (TPSA) is 77.0 Å². The van der Waals surface area contributed by atoms with Gasteiger partial charge in [0, 0.05) is 11.5 Å². The molecule has 1 aromatic carbocycles. The maximum absolute atomic E-state index is 14.7. The number of nitrogens with one attached hydrogen (secondary N) is 1. The van der Waals surface area contributed by atoms with Crippen LogP contribution in [0.3, 0.4) is 0 Å². The molecule has 2 N–H and O–H groups in total. The molecular weight excluding hydrogens is 383 g/mol. The number of ether oxygens (including phenoxy) is 1. The Bertz CT molecular complexity index is 755. The van der Waals surface area contributed by atoms with Crippen molar-refractivity contribution in [2.75, 3.05) is 6.61 Å². The third kappa shape index (κ3) is 5.39. The summed E-state index contributed by atoms with van der Waals surface area (Å²) in [6, 6.07) is 1.93. The second-order valence-electron chi connectivity index (χ2n) is 9.27. The number of hydrogen-bond donors (Lipinski definition) is 2. The van der Waals surface area contributed by atoms with Crippen LogP contribution in [-0.2, 0) is 9.31 Å². The van der Waals surface area contributed by atoms with E-state index in [1.54, 1.807) is 6.92 Å². The number of carbonyl (C=O) groups is 1. The van der Waals surface area contributed by atoms with Crippen LogP contribution in [0.2, 0.25) is 0 Å². The van der Waals surface area contributed by atoms with E-state index in [0.717, 1.165) is 12.1 Å². The number of carboxylic acid groups (broad SMARTS) is 1. The molecule has 0 radical (unpaired) electrons. The molecule has 1 heterocycles. The first kappa shape index (κ1) is 23.4. The molecule has 1 aromatic rings. The van der Waals surface area contributed by atoms with E-state index in [2.05, 4.69) is 5.32 Å². The maximum atomic E-state index is 14.7. The zero-order chi connectivity index (χ0) is 22.2. The fourth-order valence-electron chi connectivity index (χ4n) is 3.35. The molecule has 0 bridgehead atoms. The van der Waals surface area contributed by atoms with Crippen molar-refractivity contribution in [1.82, 2.24) is 5.32 Å². The van der Waals surface area contributed by atoms with Gasteiger partial charge in [-0.25, -0.2) is 13.6 Å². The van der Waals surface area contributed by atoms with Gasteiger partial charge in [-0.15, -0.1) is 0 Å². The van der Waals surface area contributed by atoms with Crippen LogP contribution in [0, 0.1) is 17.6 Å². The lowest BCUT2D eigenvalue weighted by Gasteiger charge is -2.32. The quantitative estimate of drug-likeness (QED) is 0.667. The van der Waals surface area contributed by atoms with Crippen molar-refractivity contribution in [2.24, 2.45) is 5.92 Å². The second kappa shape index (κ2) is 8.10. The average Bonchev–Trinajstić information content (AvgIpc) is 2.74. The van der Waals surface area contributed by atoms with Crippen LogP contribution in [0.1, 0.15) is 54.9 Å². The molecule has 6 nitrogen and oxygen atoms in total. The summed E-state index contributed by atoms with van der Waals surface area (Å²) in [6.07, 6.45) is -0.741. The molecule has 1 amide bonds. The Morgan fingerprint density at radius 1 is 1.21 bits per heavy atom. The van der Waals surface area contributed by atoms with E-state index >= 15 is 0 Å². The number of amides is 1. The zero-order valence-electron chi connectivity index (χ0n) is 18.1. The number of halogens is 2. The molecule has 1 atom stereocenters. The van der Waals surface area contributed by atoms with Crippen LogP contribution in [0.15, 0.2) is 12.1 Å². The lowest BCUT2D eigenvalue weighted by molar-refractivity contribution is 0.00578. The lowest BCUT2D eigenvalue weighted by atomic mass is 9.78. The first-order valence-corrected chi connectivity index (χ1v) is 9.64. The van der Waals surface area contributed by atoms with Crippen LogP contribution in [0.25, 0.3) is 0 Å². The molecule has 29 heavy (non-hydrogen) atoms. The first-order valence-electron chi connectivity index (χ1n) is 9.64. The van der Waals surface area contributed by atoms with Crippen molar-refractivity contribution in [2.45, 2.75) is 71.6 Å². The number of rotatable bonds is 7. The highest BCUT2D eigenvalue weighted by molar-refractivity contribution is 6.62. The Labute approximate surface area is 171 Å². The predicted octanol–water partition coefficient (Wildman–Crippen LogP) is 3.72. The summed E-state index contributed by atoms with van der Waals surface area (Å²) in [4.78, 5) is 11.1. The van der Waals surface area contributed by atoms with Crippen molar-refractivity contribution < 1.29 is 32.7 Å². The molecule has 0 saturated carbocycles. The molecule has 162 valence electrons. The third-order valence-electron chi connectivity index (χ3n) is 5.37.